The van der Waals surface area contributed by atoms with Gasteiger partial charge in [0.05, 0.1) is 6.04 Å². The lowest BCUT2D eigenvalue weighted by molar-refractivity contribution is -0.127. The number of hydrogen-bond acceptors (Lipinski definition) is 4. The van der Waals surface area contributed by atoms with E-state index in [0.29, 0.717) is 16.7 Å². The van der Waals surface area contributed by atoms with Crippen LogP contribution in [0.2, 0.25) is 10.0 Å². The van der Waals surface area contributed by atoms with E-state index < -0.39 is 0 Å². The average Bonchev–Trinajstić information content (AvgIpc) is 3.34. The average molecular weight is 489 g/mol. The number of carbonyl (C=O) groups excluding carboxylic acids is 1. The maximum absolute atomic E-state index is 13.1. The van der Waals surface area contributed by atoms with Gasteiger partial charge < -0.3 is 10.1 Å². The highest BCUT2D eigenvalue weighted by Crippen LogP contribution is 2.27. The predicted molar refractivity (Wildman–Crippen MR) is 132 cm³/mol. The van der Waals surface area contributed by atoms with E-state index in [1.807, 2.05) is 53.9 Å². The second kappa shape index (κ2) is 11.2. The van der Waals surface area contributed by atoms with E-state index in [9.17, 15) is 4.79 Å². The van der Waals surface area contributed by atoms with E-state index in [2.05, 4.69) is 21.7 Å². The largest absolute Gasteiger partial charge is 0.492 e. The van der Waals surface area contributed by atoms with Crippen molar-refractivity contribution in [2.45, 2.75) is 18.9 Å². The molecule has 2 aromatic carbocycles. The number of rotatable bonds is 8. The van der Waals surface area contributed by atoms with Gasteiger partial charge in [-0.1, -0.05) is 35.3 Å². The smallest absolute Gasteiger partial charge is 0.223 e. The summed E-state index contributed by atoms with van der Waals surface area (Å²) in [5, 5.41) is 8.80. The summed E-state index contributed by atoms with van der Waals surface area (Å²) in [4.78, 5) is 15.4. The molecule has 1 fully saturated rings. The van der Waals surface area contributed by atoms with Crippen molar-refractivity contribution < 1.29 is 9.53 Å². The number of likely N-dealkylation sites (tertiary alicyclic amines) is 1. The third-order valence-corrected chi connectivity index (χ3v) is 7.02. The topological polar surface area (TPSA) is 41.6 Å². The van der Waals surface area contributed by atoms with Crippen molar-refractivity contribution in [2.24, 2.45) is 5.92 Å². The van der Waals surface area contributed by atoms with Crippen LogP contribution in [0.1, 0.15) is 30.0 Å². The standard InChI is InChI=1S/C25H26Cl2N2O2S/c26-21-3-1-18(2-4-21)24(20-11-16-32-17-20)28-25(30)19-9-12-29(13-10-19)14-15-31-23-7-5-22(27)6-8-23/h1-8,11,16-17,19,24H,9-10,12-15H2,(H,28,30). The number of benzene rings is 2. The van der Waals surface area contributed by atoms with Crippen molar-refractivity contribution >= 4 is 40.4 Å². The van der Waals surface area contributed by atoms with Crippen LogP contribution in [0.15, 0.2) is 65.4 Å². The molecule has 1 aliphatic rings. The van der Waals surface area contributed by atoms with Crippen molar-refractivity contribution in [1.29, 1.82) is 0 Å². The molecule has 4 nitrogen and oxygen atoms in total. The van der Waals surface area contributed by atoms with Gasteiger partial charge in [0.15, 0.2) is 0 Å². The minimum absolute atomic E-state index is 0.0249. The molecule has 0 aliphatic carbocycles. The monoisotopic (exact) mass is 488 g/mol. The third-order valence-electron chi connectivity index (χ3n) is 5.81. The van der Waals surface area contributed by atoms with Crippen molar-refractivity contribution in [3.63, 3.8) is 0 Å². The van der Waals surface area contributed by atoms with Crippen LogP contribution in [0.3, 0.4) is 0 Å². The molecule has 1 aliphatic heterocycles. The Morgan fingerprint density at radius 3 is 2.28 bits per heavy atom. The fourth-order valence-electron chi connectivity index (χ4n) is 3.96. The molecule has 0 saturated carbocycles. The Bertz CT molecular complexity index is 986. The number of carbonyl (C=O) groups is 1. The van der Waals surface area contributed by atoms with Gasteiger partial charge in [-0.3, -0.25) is 9.69 Å². The van der Waals surface area contributed by atoms with Crippen LogP contribution in [0.4, 0.5) is 0 Å². The van der Waals surface area contributed by atoms with Crippen molar-refractivity contribution in [3.05, 3.63) is 86.5 Å². The van der Waals surface area contributed by atoms with E-state index in [1.54, 1.807) is 11.3 Å². The summed E-state index contributed by atoms with van der Waals surface area (Å²) in [6.45, 7) is 3.26. The highest BCUT2D eigenvalue weighted by molar-refractivity contribution is 7.08. The Kier molecular flexibility index (Phi) is 8.09. The zero-order chi connectivity index (χ0) is 22.3. The molecule has 4 rings (SSSR count). The van der Waals surface area contributed by atoms with Gasteiger partial charge in [0.2, 0.25) is 5.91 Å². The normalized spacial score (nSPS) is 15.9. The van der Waals surface area contributed by atoms with E-state index in [1.165, 1.54) is 0 Å². The van der Waals surface area contributed by atoms with Gasteiger partial charge in [-0.25, -0.2) is 0 Å². The second-order valence-corrected chi connectivity index (χ2v) is 9.62. The molecule has 1 saturated heterocycles. The SMILES string of the molecule is O=C(NC(c1ccc(Cl)cc1)c1ccsc1)C1CCN(CCOc2ccc(Cl)cc2)CC1. The van der Waals surface area contributed by atoms with Gasteiger partial charge in [0.25, 0.3) is 0 Å². The molecule has 1 N–H and O–H groups in total. The second-order valence-electron chi connectivity index (χ2n) is 7.97. The van der Waals surface area contributed by atoms with Gasteiger partial charge in [0, 0.05) is 22.5 Å². The van der Waals surface area contributed by atoms with Crippen LogP contribution in [0, 0.1) is 5.92 Å². The number of piperidine rings is 1. The van der Waals surface area contributed by atoms with Gasteiger partial charge in [-0.2, -0.15) is 11.3 Å². The molecule has 168 valence electrons. The summed E-state index contributed by atoms with van der Waals surface area (Å²) < 4.78 is 5.80. The molecule has 1 atom stereocenters. The molecule has 0 radical (unpaired) electrons. The van der Waals surface area contributed by atoms with Crippen molar-refractivity contribution in [3.8, 4) is 5.75 Å². The third kappa shape index (κ3) is 6.26. The molecule has 3 aromatic rings. The molecule has 0 spiro atoms. The number of nitrogens with zero attached hydrogens (tertiary/aromatic N) is 1. The maximum atomic E-state index is 13.1. The van der Waals surface area contributed by atoms with Crippen LogP contribution >= 0.6 is 34.5 Å². The summed E-state index contributed by atoms with van der Waals surface area (Å²) in [6.07, 6.45) is 1.70. The Morgan fingerprint density at radius 2 is 1.66 bits per heavy atom. The van der Waals surface area contributed by atoms with Gasteiger partial charge >= 0.3 is 0 Å². The summed E-state index contributed by atoms with van der Waals surface area (Å²) in [5.41, 5.74) is 2.14. The number of thiophene rings is 1. The highest BCUT2D eigenvalue weighted by atomic mass is 35.5. The first-order valence-electron chi connectivity index (χ1n) is 10.8. The fraction of sp³-hybridized carbons (Fsp3) is 0.320. The summed E-state index contributed by atoms with van der Waals surface area (Å²) in [5.74, 6) is 0.968. The van der Waals surface area contributed by atoms with Crippen molar-refractivity contribution in [2.75, 3.05) is 26.2 Å². The zero-order valence-electron chi connectivity index (χ0n) is 17.7. The number of amides is 1. The van der Waals surface area contributed by atoms with Crippen LogP contribution in [0.5, 0.6) is 5.75 Å². The molecular formula is C25H26Cl2N2O2S. The molecule has 32 heavy (non-hydrogen) atoms. The molecule has 1 amide bonds. The van der Waals surface area contributed by atoms with Crippen LogP contribution < -0.4 is 10.1 Å². The van der Waals surface area contributed by atoms with Gasteiger partial charge in [-0.05, 0) is 90.3 Å². The maximum Gasteiger partial charge on any atom is 0.223 e. The van der Waals surface area contributed by atoms with Gasteiger partial charge in [0.1, 0.15) is 12.4 Å². The van der Waals surface area contributed by atoms with Crippen LogP contribution in [-0.4, -0.2) is 37.0 Å². The zero-order valence-corrected chi connectivity index (χ0v) is 20.0. The number of hydrogen-bond donors (Lipinski definition) is 1. The lowest BCUT2D eigenvalue weighted by atomic mass is 9.94. The Hall–Kier alpha value is -2.05. The lowest BCUT2D eigenvalue weighted by Gasteiger charge is -2.32. The highest BCUT2D eigenvalue weighted by Gasteiger charge is 2.27. The lowest BCUT2D eigenvalue weighted by Crippen LogP contribution is -2.42. The predicted octanol–water partition coefficient (Wildman–Crippen LogP) is 6.05. The van der Waals surface area contributed by atoms with E-state index in [4.69, 9.17) is 27.9 Å². The Labute approximate surface area is 203 Å². The first-order valence-corrected chi connectivity index (χ1v) is 12.5. The van der Waals surface area contributed by atoms with Gasteiger partial charge in [-0.15, -0.1) is 0 Å². The number of nitrogens with one attached hydrogen (secondary N) is 1. The Morgan fingerprint density at radius 1 is 1.00 bits per heavy atom. The summed E-state index contributed by atoms with van der Waals surface area (Å²) >= 11 is 13.6. The van der Waals surface area contributed by atoms with E-state index in [-0.39, 0.29) is 17.9 Å². The molecule has 0 bridgehead atoms. The minimum Gasteiger partial charge on any atom is -0.492 e. The first kappa shape index (κ1) is 23.1. The molecule has 2 heterocycles. The van der Waals surface area contributed by atoms with E-state index >= 15 is 0 Å². The Balaban J connectivity index is 1.27. The first-order chi connectivity index (χ1) is 15.6. The number of ether oxygens (including phenoxy) is 1. The minimum atomic E-state index is -0.156. The summed E-state index contributed by atoms with van der Waals surface area (Å²) in [7, 11) is 0. The fourth-order valence-corrected chi connectivity index (χ4v) is 4.89. The quantitative estimate of drug-likeness (QED) is 0.419. The molecule has 1 unspecified atom stereocenters. The molecule has 7 heteroatoms. The van der Waals surface area contributed by atoms with E-state index in [0.717, 1.165) is 49.4 Å². The van der Waals surface area contributed by atoms with Crippen LogP contribution in [0.25, 0.3) is 0 Å². The molecule has 1 aromatic heterocycles. The number of halogens is 2. The van der Waals surface area contributed by atoms with Crippen LogP contribution in [-0.2, 0) is 4.79 Å². The molecular weight excluding hydrogens is 463 g/mol. The summed E-state index contributed by atoms with van der Waals surface area (Å²) in [6, 6.07) is 17.0. The van der Waals surface area contributed by atoms with Crippen molar-refractivity contribution in [1.82, 2.24) is 10.2 Å².